The molecule has 1 aliphatic heterocycles. The van der Waals surface area contributed by atoms with Crippen LogP contribution >= 0.6 is 11.6 Å². The predicted molar refractivity (Wildman–Crippen MR) is 112 cm³/mol. The zero-order valence-corrected chi connectivity index (χ0v) is 16.3. The summed E-state index contributed by atoms with van der Waals surface area (Å²) >= 11 is 6.05. The molecule has 0 saturated heterocycles. The zero-order chi connectivity index (χ0) is 21.3. The molecule has 1 aliphatic rings. The number of carbonyl (C=O) groups excluding carboxylic acids is 2. The van der Waals surface area contributed by atoms with Gasteiger partial charge in [-0.15, -0.1) is 0 Å². The van der Waals surface area contributed by atoms with Gasteiger partial charge in [0.25, 0.3) is 17.5 Å². The lowest BCUT2D eigenvalue weighted by Gasteiger charge is -2.18. The molecule has 2 aromatic carbocycles. The molecule has 30 heavy (non-hydrogen) atoms. The Hall–Kier alpha value is -3.78. The van der Waals surface area contributed by atoms with Crippen molar-refractivity contribution in [1.82, 2.24) is 4.98 Å². The number of halogens is 1. The summed E-state index contributed by atoms with van der Waals surface area (Å²) in [7, 11) is 0. The van der Waals surface area contributed by atoms with Crippen LogP contribution in [0.3, 0.4) is 0 Å². The summed E-state index contributed by atoms with van der Waals surface area (Å²) in [5.74, 6) is -0.727. The Morgan fingerprint density at radius 1 is 1.10 bits per heavy atom. The molecule has 2 heterocycles. The summed E-state index contributed by atoms with van der Waals surface area (Å²) in [5, 5.41) is 13.8. The summed E-state index contributed by atoms with van der Waals surface area (Å²) in [5.41, 5.74) is 2.44. The van der Waals surface area contributed by atoms with Gasteiger partial charge in [0.1, 0.15) is 0 Å². The van der Waals surface area contributed by atoms with Crippen LogP contribution in [0.2, 0.25) is 5.02 Å². The van der Waals surface area contributed by atoms with E-state index in [2.05, 4.69) is 10.3 Å². The maximum Gasteiger partial charge on any atom is 0.270 e. The number of benzene rings is 2. The zero-order valence-electron chi connectivity index (χ0n) is 15.5. The van der Waals surface area contributed by atoms with Crippen molar-refractivity contribution in [2.45, 2.75) is 6.42 Å². The summed E-state index contributed by atoms with van der Waals surface area (Å²) in [4.78, 5) is 41.4. The first kappa shape index (κ1) is 19.5. The van der Waals surface area contributed by atoms with Crippen LogP contribution in [-0.4, -0.2) is 28.3 Å². The van der Waals surface area contributed by atoms with E-state index < -0.39 is 10.8 Å². The van der Waals surface area contributed by atoms with Gasteiger partial charge >= 0.3 is 0 Å². The van der Waals surface area contributed by atoms with Crippen molar-refractivity contribution in [3.8, 4) is 0 Å². The third-order valence-corrected chi connectivity index (χ3v) is 5.15. The maximum absolute atomic E-state index is 12.8. The number of carbonyl (C=O) groups is 2. The molecule has 0 atom stereocenters. The van der Waals surface area contributed by atoms with Gasteiger partial charge in [-0.1, -0.05) is 17.7 Å². The normalized spacial score (nSPS) is 12.4. The minimum atomic E-state index is -0.592. The Labute approximate surface area is 176 Å². The molecule has 0 spiro atoms. The van der Waals surface area contributed by atoms with Crippen LogP contribution in [0, 0.1) is 10.1 Å². The highest BCUT2D eigenvalue weighted by atomic mass is 35.5. The summed E-state index contributed by atoms with van der Waals surface area (Å²) in [6.45, 7) is 0.532. The fourth-order valence-corrected chi connectivity index (χ4v) is 3.52. The summed E-state index contributed by atoms with van der Waals surface area (Å²) < 4.78 is 0. The number of non-ortho nitro benzene ring substituents is 1. The van der Waals surface area contributed by atoms with E-state index in [1.807, 2.05) is 6.07 Å². The molecule has 150 valence electrons. The largest absolute Gasteiger partial charge is 0.322 e. The topological polar surface area (TPSA) is 105 Å². The first-order chi connectivity index (χ1) is 14.4. The molecule has 0 aliphatic carbocycles. The second-order valence-corrected chi connectivity index (χ2v) is 7.07. The second kappa shape index (κ2) is 7.92. The van der Waals surface area contributed by atoms with Crippen LogP contribution in [0.15, 0.2) is 60.9 Å². The number of fused-ring (bicyclic) bond motifs is 1. The first-order valence-electron chi connectivity index (χ1n) is 9.04. The number of nitro groups is 1. The quantitative estimate of drug-likeness (QED) is 0.503. The lowest BCUT2D eigenvalue weighted by atomic mass is 10.1. The van der Waals surface area contributed by atoms with Gasteiger partial charge in [-0.2, -0.15) is 0 Å². The molecular formula is C21H15ClN4O4. The van der Waals surface area contributed by atoms with Crippen molar-refractivity contribution in [3.05, 3.63) is 92.8 Å². The third kappa shape index (κ3) is 3.72. The van der Waals surface area contributed by atoms with Crippen molar-refractivity contribution in [1.29, 1.82) is 0 Å². The van der Waals surface area contributed by atoms with E-state index in [0.29, 0.717) is 29.9 Å². The minimum absolute atomic E-state index is 0.00363. The number of nitrogens with one attached hydrogen (secondary N) is 1. The van der Waals surface area contributed by atoms with Gasteiger partial charge in [0.15, 0.2) is 0 Å². The van der Waals surface area contributed by atoms with Gasteiger partial charge in [0.2, 0.25) is 0 Å². The molecule has 4 rings (SSSR count). The van der Waals surface area contributed by atoms with Crippen LogP contribution in [0.25, 0.3) is 0 Å². The van der Waals surface area contributed by atoms with Gasteiger partial charge in [0.05, 0.1) is 15.5 Å². The highest BCUT2D eigenvalue weighted by molar-refractivity contribution is 6.34. The Morgan fingerprint density at radius 2 is 1.87 bits per heavy atom. The van der Waals surface area contributed by atoms with Crippen LogP contribution in [-0.2, 0) is 6.42 Å². The smallest absolute Gasteiger partial charge is 0.270 e. The van der Waals surface area contributed by atoms with Crippen molar-refractivity contribution in [2.75, 3.05) is 16.8 Å². The lowest BCUT2D eigenvalue weighted by molar-refractivity contribution is -0.384. The number of anilines is 2. The van der Waals surface area contributed by atoms with E-state index in [1.165, 1.54) is 12.1 Å². The van der Waals surface area contributed by atoms with Crippen LogP contribution in [0.5, 0.6) is 0 Å². The third-order valence-electron chi connectivity index (χ3n) is 4.82. The number of amides is 2. The standard InChI is InChI=1S/C21H15ClN4O4/c22-18-4-3-16(26(29)30)12-17(18)20(27)24-15-2-1-13-7-10-25(19(13)11-15)21(28)14-5-8-23-9-6-14/h1-6,8-9,11-12H,7,10H2,(H,24,27). The SMILES string of the molecule is O=C(Nc1ccc2c(c1)N(C(=O)c1ccncc1)CC2)c1cc([N+](=O)[O-])ccc1Cl. The van der Waals surface area contributed by atoms with Gasteiger partial charge in [-0.25, -0.2) is 0 Å². The van der Waals surface area contributed by atoms with E-state index in [0.717, 1.165) is 11.6 Å². The fourth-order valence-electron chi connectivity index (χ4n) is 3.32. The average molecular weight is 423 g/mol. The Morgan fingerprint density at radius 3 is 2.60 bits per heavy atom. The van der Waals surface area contributed by atoms with Crippen molar-refractivity contribution in [2.24, 2.45) is 0 Å². The number of nitrogens with zero attached hydrogens (tertiary/aromatic N) is 3. The molecule has 0 unspecified atom stereocenters. The number of hydrogen-bond acceptors (Lipinski definition) is 5. The Bertz CT molecular complexity index is 1170. The predicted octanol–water partition coefficient (Wildman–Crippen LogP) is 4.10. The monoisotopic (exact) mass is 422 g/mol. The highest BCUT2D eigenvalue weighted by Crippen LogP contribution is 2.32. The summed E-state index contributed by atoms with van der Waals surface area (Å²) in [6.07, 6.45) is 3.82. The molecule has 0 bridgehead atoms. The van der Waals surface area contributed by atoms with Gasteiger partial charge in [-0.05, 0) is 42.3 Å². The summed E-state index contributed by atoms with van der Waals surface area (Å²) in [6, 6.07) is 12.3. The van der Waals surface area contributed by atoms with E-state index in [9.17, 15) is 19.7 Å². The molecule has 1 aromatic heterocycles. The molecule has 1 N–H and O–H groups in total. The minimum Gasteiger partial charge on any atom is -0.322 e. The number of pyridine rings is 1. The van der Waals surface area contributed by atoms with E-state index >= 15 is 0 Å². The molecule has 0 fully saturated rings. The van der Waals surface area contributed by atoms with Crippen molar-refractivity contribution in [3.63, 3.8) is 0 Å². The maximum atomic E-state index is 12.8. The van der Waals surface area contributed by atoms with E-state index in [-0.39, 0.29) is 22.2 Å². The van der Waals surface area contributed by atoms with E-state index in [1.54, 1.807) is 41.6 Å². The van der Waals surface area contributed by atoms with Crippen LogP contribution < -0.4 is 10.2 Å². The van der Waals surface area contributed by atoms with Gasteiger partial charge in [0, 0.05) is 48.0 Å². The molecule has 8 nitrogen and oxygen atoms in total. The second-order valence-electron chi connectivity index (χ2n) is 6.66. The molecular weight excluding hydrogens is 408 g/mol. The van der Waals surface area contributed by atoms with Gasteiger partial charge < -0.3 is 10.2 Å². The number of rotatable bonds is 4. The van der Waals surface area contributed by atoms with Crippen molar-refractivity contribution < 1.29 is 14.5 Å². The van der Waals surface area contributed by atoms with E-state index in [4.69, 9.17) is 11.6 Å². The Kier molecular flexibility index (Phi) is 5.16. The molecule has 3 aromatic rings. The number of nitro benzene ring substituents is 1. The molecule has 0 saturated carbocycles. The first-order valence-corrected chi connectivity index (χ1v) is 9.42. The molecule has 2 amide bonds. The Balaban J connectivity index is 1.59. The lowest BCUT2D eigenvalue weighted by Crippen LogP contribution is -2.28. The van der Waals surface area contributed by atoms with Crippen LogP contribution in [0.1, 0.15) is 26.3 Å². The fraction of sp³-hybridized carbons (Fsp3) is 0.0952. The molecule has 0 radical (unpaired) electrons. The average Bonchev–Trinajstić information content (AvgIpc) is 3.17. The van der Waals surface area contributed by atoms with Crippen molar-refractivity contribution >= 4 is 40.5 Å². The highest BCUT2D eigenvalue weighted by Gasteiger charge is 2.26. The number of hydrogen-bond donors (Lipinski definition) is 1. The number of aromatic nitrogens is 1. The molecule has 9 heteroatoms. The van der Waals surface area contributed by atoms with Gasteiger partial charge in [-0.3, -0.25) is 24.7 Å². The van der Waals surface area contributed by atoms with Crippen LogP contribution in [0.4, 0.5) is 17.1 Å².